The van der Waals surface area contributed by atoms with Crippen molar-refractivity contribution < 1.29 is 13.5 Å². The molecule has 27 heavy (non-hydrogen) atoms. The van der Waals surface area contributed by atoms with Crippen molar-refractivity contribution in [2.75, 3.05) is 13.1 Å². The van der Waals surface area contributed by atoms with Crippen molar-refractivity contribution in [3.05, 3.63) is 64.7 Å². The van der Waals surface area contributed by atoms with E-state index in [2.05, 4.69) is 4.90 Å². The zero-order valence-electron chi connectivity index (χ0n) is 14.9. The van der Waals surface area contributed by atoms with Gasteiger partial charge in [0.15, 0.2) is 11.6 Å². The second-order valence-corrected chi connectivity index (χ2v) is 7.26. The summed E-state index contributed by atoms with van der Waals surface area (Å²) in [6.45, 7) is 1.68. The smallest absolute Gasteiger partial charge is 0.202 e. The highest BCUT2D eigenvalue weighted by Crippen LogP contribution is 2.39. The standard InChI is InChI=1S/C21H21F2N3O/c22-19-14(11-24)7-8-18(20(19)23)27-21-16-6-2-1-4-13(16)10-17(21)26-9-3-5-15(25)12-26/h1-2,4,6-8,15,17,21H,3,5,9-10,12,25H2/t15-,17-,21-/m1/s1. The fourth-order valence-corrected chi connectivity index (χ4v) is 4.19. The molecule has 0 radical (unpaired) electrons. The summed E-state index contributed by atoms with van der Waals surface area (Å²) in [4.78, 5) is 2.30. The number of rotatable bonds is 3. The van der Waals surface area contributed by atoms with E-state index in [9.17, 15) is 8.78 Å². The average molecular weight is 369 g/mol. The van der Waals surface area contributed by atoms with Gasteiger partial charge in [-0.05, 0) is 49.1 Å². The molecule has 0 aromatic heterocycles. The lowest BCUT2D eigenvalue weighted by molar-refractivity contribution is 0.0566. The molecule has 2 N–H and O–H groups in total. The maximum absolute atomic E-state index is 14.4. The van der Waals surface area contributed by atoms with Crippen molar-refractivity contribution >= 4 is 0 Å². The number of likely N-dealkylation sites (tertiary alicyclic amines) is 1. The summed E-state index contributed by atoms with van der Waals surface area (Å²) in [5.41, 5.74) is 7.97. The number of hydrogen-bond acceptors (Lipinski definition) is 4. The minimum Gasteiger partial charge on any atom is -0.481 e. The minimum absolute atomic E-state index is 0.0202. The van der Waals surface area contributed by atoms with Crippen LogP contribution in [0.15, 0.2) is 36.4 Å². The van der Waals surface area contributed by atoms with Gasteiger partial charge in [0.2, 0.25) is 5.82 Å². The molecule has 0 unspecified atom stereocenters. The maximum atomic E-state index is 14.4. The summed E-state index contributed by atoms with van der Waals surface area (Å²) in [5, 5.41) is 8.87. The van der Waals surface area contributed by atoms with Crippen LogP contribution >= 0.6 is 0 Å². The molecule has 0 saturated carbocycles. The van der Waals surface area contributed by atoms with Crippen LogP contribution in [0, 0.1) is 23.0 Å². The first-order chi connectivity index (χ1) is 13.1. The van der Waals surface area contributed by atoms with Gasteiger partial charge >= 0.3 is 0 Å². The lowest BCUT2D eigenvalue weighted by Crippen LogP contribution is -2.49. The van der Waals surface area contributed by atoms with E-state index in [4.69, 9.17) is 15.7 Å². The van der Waals surface area contributed by atoms with Crippen molar-refractivity contribution in [3.63, 3.8) is 0 Å². The van der Waals surface area contributed by atoms with Crippen LogP contribution in [-0.4, -0.2) is 30.1 Å². The van der Waals surface area contributed by atoms with Crippen molar-refractivity contribution in [1.29, 1.82) is 5.26 Å². The van der Waals surface area contributed by atoms with Crippen LogP contribution in [0.2, 0.25) is 0 Å². The van der Waals surface area contributed by atoms with Crippen molar-refractivity contribution in [1.82, 2.24) is 4.90 Å². The lowest BCUT2D eigenvalue weighted by atomic mass is 10.0. The Kier molecular flexibility index (Phi) is 4.81. The van der Waals surface area contributed by atoms with Crippen LogP contribution in [0.3, 0.4) is 0 Å². The molecular formula is C21H21F2N3O. The molecule has 4 nitrogen and oxygen atoms in total. The van der Waals surface area contributed by atoms with E-state index in [1.54, 1.807) is 6.07 Å². The van der Waals surface area contributed by atoms with Gasteiger partial charge < -0.3 is 10.5 Å². The first-order valence-electron chi connectivity index (χ1n) is 9.20. The Hall–Kier alpha value is -2.49. The molecule has 0 amide bonds. The topological polar surface area (TPSA) is 62.3 Å². The third kappa shape index (κ3) is 3.29. The molecule has 6 heteroatoms. The largest absolute Gasteiger partial charge is 0.481 e. The first kappa shape index (κ1) is 17.9. The fraction of sp³-hybridized carbons (Fsp3) is 0.381. The molecule has 2 aliphatic rings. The number of fused-ring (bicyclic) bond motifs is 1. The Morgan fingerprint density at radius 3 is 2.74 bits per heavy atom. The summed E-state index contributed by atoms with van der Waals surface area (Å²) in [6.07, 6.45) is 2.39. The summed E-state index contributed by atoms with van der Waals surface area (Å²) >= 11 is 0. The molecular weight excluding hydrogens is 348 g/mol. The van der Waals surface area contributed by atoms with Gasteiger partial charge in [-0.25, -0.2) is 4.39 Å². The summed E-state index contributed by atoms with van der Waals surface area (Å²) in [7, 11) is 0. The van der Waals surface area contributed by atoms with Gasteiger partial charge in [-0.15, -0.1) is 0 Å². The summed E-state index contributed by atoms with van der Waals surface area (Å²) in [5.74, 6) is -2.45. The highest BCUT2D eigenvalue weighted by Gasteiger charge is 2.39. The number of nitrogens with zero attached hydrogens (tertiary/aromatic N) is 2. The second kappa shape index (κ2) is 7.26. The number of nitriles is 1. The Balaban J connectivity index is 1.67. The normalized spacial score (nSPS) is 25.0. The molecule has 0 spiro atoms. The van der Waals surface area contributed by atoms with Crippen LogP contribution in [-0.2, 0) is 6.42 Å². The molecule has 2 aromatic carbocycles. The van der Waals surface area contributed by atoms with Gasteiger partial charge in [0.25, 0.3) is 0 Å². The zero-order valence-corrected chi connectivity index (χ0v) is 14.9. The van der Waals surface area contributed by atoms with E-state index in [0.717, 1.165) is 43.5 Å². The number of halogens is 2. The summed E-state index contributed by atoms with van der Waals surface area (Å²) in [6, 6.07) is 12.3. The van der Waals surface area contributed by atoms with Gasteiger partial charge in [-0.2, -0.15) is 9.65 Å². The lowest BCUT2D eigenvalue weighted by Gasteiger charge is -2.38. The van der Waals surface area contributed by atoms with Gasteiger partial charge in [-0.3, -0.25) is 4.90 Å². The predicted octanol–water partition coefficient (Wildman–Crippen LogP) is 3.30. The third-order valence-electron chi connectivity index (χ3n) is 5.52. The van der Waals surface area contributed by atoms with Gasteiger partial charge in [0, 0.05) is 12.6 Å². The van der Waals surface area contributed by atoms with E-state index in [0.29, 0.717) is 0 Å². The molecule has 0 bridgehead atoms. The highest BCUT2D eigenvalue weighted by molar-refractivity contribution is 5.41. The van der Waals surface area contributed by atoms with E-state index in [1.165, 1.54) is 12.1 Å². The van der Waals surface area contributed by atoms with E-state index < -0.39 is 17.7 Å². The van der Waals surface area contributed by atoms with Crippen LogP contribution in [0.25, 0.3) is 0 Å². The highest BCUT2D eigenvalue weighted by atomic mass is 19.2. The average Bonchev–Trinajstić information content (AvgIpc) is 3.04. The first-order valence-corrected chi connectivity index (χ1v) is 9.20. The Labute approximate surface area is 157 Å². The van der Waals surface area contributed by atoms with Gasteiger partial charge in [-0.1, -0.05) is 24.3 Å². The monoisotopic (exact) mass is 369 g/mol. The Morgan fingerprint density at radius 1 is 1.15 bits per heavy atom. The van der Waals surface area contributed by atoms with Crippen LogP contribution in [0.1, 0.15) is 35.6 Å². The molecule has 1 aliphatic heterocycles. The van der Waals surface area contributed by atoms with E-state index in [-0.39, 0.29) is 23.4 Å². The van der Waals surface area contributed by atoms with Gasteiger partial charge in [0.05, 0.1) is 11.6 Å². The Bertz CT molecular complexity index is 895. The maximum Gasteiger partial charge on any atom is 0.202 e. The molecule has 1 saturated heterocycles. The molecule has 1 aliphatic carbocycles. The van der Waals surface area contributed by atoms with Crippen molar-refractivity contribution in [2.24, 2.45) is 5.73 Å². The fourth-order valence-electron chi connectivity index (χ4n) is 4.19. The third-order valence-corrected chi connectivity index (χ3v) is 5.52. The Morgan fingerprint density at radius 2 is 1.96 bits per heavy atom. The van der Waals surface area contributed by atoms with Crippen LogP contribution in [0.5, 0.6) is 5.75 Å². The van der Waals surface area contributed by atoms with E-state index >= 15 is 0 Å². The molecule has 1 heterocycles. The van der Waals surface area contributed by atoms with Crippen LogP contribution in [0.4, 0.5) is 8.78 Å². The summed E-state index contributed by atoms with van der Waals surface area (Å²) < 4.78 is 34.5. The molecule has 1 fully saturated rings. The van der Waals surface area contributed by atoms with E-state index in [1.807, 2.05) is 24.3 Å². The number of piperidine rings is 1. The minimum atomic E-state index is -1.17. The quantitative estimate of drug-likeness (QED) is 0.902. The molecule has 2 aromatic rings. The number of benzene rings is 2. The SMILES string of the molecule is N#Cc1ccc(O[C@@H]2c3ccccc3C[C@H]2N2CCC[C@@H](N)C2)c(F)c1F. The number of hydrogen-bond donors (Lipinski definition) is 1. The zero-order chi connectivity index (χ0) is 19.0. The number of nitrogens with two attached hydrogens (primary N) is 1. The van der Waals surface area contributed by atoms with Crippen molar-refractivity contribution in [3.8, 4) is 11.8 Å². The predicted molar refractivity (Wildman–Crippen MR) is 97.2 cm³/mol. The number of ether oxygens (including phenoxy) is 1. The van der Waals surface area contributed by atoms with Crippen molar-refractivity contribution in [2.45, 2.75) is 37.5 Å². The molecule has 3 atom stereocenters. The molecule has 4 rings (SSSR count). The van der Waals surface area contributed by atoms with Gasteiger partial charge in [0.1, 0.15) is 12.2 Å². The van der Waals surface area contributed by atoms with Crippen LogP contribution < -0.4 is 10.5 Å². The second-order valence-electron chi connectivity index (χ2n) is 7.26. The molecule has 140 valence electrons.